The smallest absolute Gasteiger partial charge is 0.289 e. The molecule has 0 aromatic heterocycles. The average Bonchev–Trinajstić information content (AvgIpc) is 2.77. The Morgan fingerprint density at radius 1 is 1.00 bits per heavy atom. The molecule has 0 spiro atoms. The number of aliphatic hydroxyl groups excluding tert-OH is 1. The van der Waals surface area contributed by atoms with Gasteiger partial charge in [-0.1, -0.05) is 88.4 Å². The van der Waals surface area contributed by atoms with Crippen molar-refractivity contribution in [2.45, 2.75) is 58.1 Å². The summed E-state index contributed by atoms with van der Waals surface area (Å²) in [5.41, 5.74) is 3.15. The Bertz CT molecular complexity index is 930. The summed E-state index contributed by atoms with van der Waals surface area (Å²) in [6.45, 7) is 8.09. The molecule has 0 fully saturated rings. The van der Waals surface area contributed by atoms with E-state index < -0.39 is 10.1 Å². The summed E-state index contributed by atoms with van der Waals surface area (Å²) in [4.78, 5) is 0. The van der Waals surface area contributed by atoms with E-state index >= 15 is 0 Å². The van der Waals surface area contributed by atoms with Crippen LogP contribution in [0.4, 0.5) is 0 Å². The molecular weight excluding hydrogens is 440 g/mol. The predicted octanol–water partition coefficient (Wildman–Crippen LogP) is 5.96. The van der Waals surface area contributed by atoms with Crippen molar-refractivity contribution in [3.05, 3.63) is 82.8 Å². The number of rotatable bonds is 12. The van der Waals surface area contributed by atoms with Gasteiger partial charge in [-0.3, -0.25) is 4.18 Å². The molecule has 6 heteroatoms. The molecule has 0 saturated heterocycles. The Balaban J connectivity index is 2.05. The molecular formula is C26H36O4S2. The fourth-order valence-electron chi connectivity index (χ4n) is 3.04. The molecule has 0 bridgehead atoms. The first kappa shape index (κ1) is 26.7. The van der Waals surface area contributed by atoms with Crippen molar-refractivity contribution in [1.29, 1.82) is 0 Å². The van der Waals surface area contributed by atoms with Crippen LogP contribution in [0.2, 0.25) is 0 Å². The molecule has 0 radical (unpaired) electrons. The minimum atomic E-state index is -3.70. The Hall–Kier alpha value is -1.60. The topological polar surface area (TPSA) is 63.6 Å². The first-order chi connectivity index (χ1) is 15.1. The van der Waals surface area contributed by atoms with Crippen LogP contribution in [0.1, 0.15) is 50.8 Å². The van der Waals surface area contributed by atoms with Crippen molar-refractivity contribution in [3.8, 4) is 0 Å². The standard InChI is InChI=1S/C26H36O4S2/c1-21(16-17-32(28,29)30-20-26(2,3)4)25(15-14-22-8-6-5-7-9-22)31-19-24-12-10-23(18-27)11-13-24/h5-13,16-17,21,25,27H,14-15,18-20H2,1-4H3/b17-16+/t21-,25+/m1/s1. The first-order valence-electron chi connectivity index (χ1n) is 11.0. The molecule has 0 saturated carbocycles. The molecule has 32 heavy (non-hydrogen) atoms. The normalized spacial score (nSPS) is 14.5. The molecule has 1 N–H and O–H groups in total. The van der Waals surface area contributed by atoms with Gasteiger partial charge in [-0.05, 0) is 40.9 Å². The second kappa shape index (κ2) is 12.6. The lowest BCUT2D eigenvalue weighted by Gasteiger charge is -2.22. The zero-order valence-electron chi connectivity index (χ0n) is 19.5. The minimum absolute atomic E-state index is 0.0424. The molecule has 0 aliphatic carbocycles. The van der Waals surface area contributed by atoms with Gasteiger partial charge >= 0.3 is 0 Å². The Morgan fingerprint density at radius 3 is 2.22 bits per heavy atom. The first-order valence-corrected chi connectivity index (χ1v) is 13.5. The molecule has 0 aliphatic heterocycles. The molecule has 4 nitrogen and oxygen atoms in total. The third-order valence-corrected chi connectivity index (χ3v) is 7.55. The van der Waals surface area contributed by atoms with Crippen molar-refractivity contribution in [3.63, 3.8) is 0 Å². The van der Waals surface area contributed by atoms with Gasteiger partial charge in [0.25, 0.3) is 10.1 Å². The molecule has 2 atom stereocenters. The van der Waals surface area contributed by atoms with E-state index in [-0.39, 0.29) is 29.8 Å². The van der Waals surface area contributed by atoms with Gasteiger partial charge in [0, 0.05) is 11.0 Å². The summed E-state index contributed by atoms with van der Waals surface area (Å²) >= 11 is 1.83. The molecule has 0 unspecified atom stereocenters. The highest BCUT2D eigenvalue weighted by Crippen LogP contribution is 2.29. The van der Waals surface area contributed by atoms with E-state index in [0.717, 1.165) is 24.2 Å². The van der Waals surface area contributed by atoms with Crippen molar-refractivity contribution < 1.29 is 17.7 Å². The summed E-state index contributed by atoms with van der Waals surface area (Å²) in [5, 5.41) is 10.7. The van der Waals surface area contributed by atoms with Crippen LogP contribution in [-0.4, -0.2) is 25.4 Å². The third kappa shape index (κ3) is 10.3. The molecule has 2 aromatic carbocycles. The van der Waals surface area contributed by atoms with Crippen molar-refractivity contribution in [1.82, 2.24) is 0 Å². The van der Waals surface area contributed by atoms with E-state index in [2.05, 4.69) is 19.1 Å². The minimum Gasteiger partial charge on any atom is -0.392 e. The van der Waals surface area contributed by atoms with Crippen LogP contribution in [0.25, 0.3) is 0 Å². The maximum Gasteiger partial charge on any atom is 0.289 e. The number of hydrogen-bond acceptors (Lipinski definition) is 5. The monoisotopic (exact) mass is 476 g/mol. The highest BCUT2D eigenvalue weighted by atomic mass is 32.2. The number of hydrogen-bond donors (Lipinski definition) is 1. The molecule has 0 heterocycles. The van der Waals surface area contributed by atoms with Crippen LogP contribution in [0.15, 0.2) is 66.1 Å². The van der Waals surface area contributed by atoms with Gasteiger partial charge in [0.05, 0.1) is 18.6 Å². The van der Waals surface area contributed by atoms with Gasteiger partial charge in [-0.25, -0.2) is 0 Å². The van der Waals surface area contributed by atoms with Gasteiger partial charge in [-0.15, -0.1) is 0 Å². The summed E-state index contributed by atoms with van der Waals surface area (Å²) in [6.07, 6.45) is 3.64. The van der Waals surface area contributed by atoms with Crippen LogP contribution in [0, 0.1) is 11.3 Å². The van der Waals surface area contributed by atoms with Gasteiger partial charge in [0.2, 0.25) is 0 Å². The molecule has 0 aliphatic rings. The Labute approximate surface area is 198 Å². The largest absolute Gasteiger partial charge is 0.392 e. The fraction of sp³-hybridized carbons (Fsp3) is 0.462. The fourth-order valence-corrected chi connectivity index (χ4v) is 5.35. The van der Waals surface area contributed by atoms with Gasteiger partial charge in [0.15, 0.2) is 0 Å². The van der Waals surface area contributed by atoms with Gasteiger partial charge in [-0.2, -0.15) is 20.2 Å². The Kier molecular flexibility index (Phi) is 10.5. The van der Waals surface area contributed by atoms with E-state index in [1.165, 1.54) is 16.5 Å². The van der Waals surface area contributed by atoms with Gasteiger partial charge in [0.1, 0.15) is 0 Å². The second-order valence-corrected chi connectivity index (χ2v) is 12.1. The van der Waals surface area contributed by atoms with E-state index in [1.54, 1.807) is 6.08 Å². The quantitative estimate of drug-likeness (QED) is 0.383. The van der Waals surface area contributed by atoms with E-state index in [1.807, 2.05) is 75.0 Å². The predicted molar refractivity (Wildman–Crippen MR) is 135 cm³/mol. The van der Waals surface area contributed by atoms with E-state index in [4.69, 9.17) is 4.18 Å². The van der Waals surface area contributed by atoms with Crippen LogP contribution >= 0.6 is 11.8 Å². The lowest BCUT2D eigenvalue weighted by Crippen LogP contribution is -2.18. The van der Waals surface area contributed by atoms with Crippen molar-refractivity contribution >= 4 is 21.9 Å². The van der Waals surface area contributed by atoms with Crippen LogP contribution in [0.5, 0.6) is 0 Å². The van der Waals surface area contributed by atoms with Crippen LogP contribution in [0.3, 0.4) is 0 Å². The lowest BCUT2D eigenvalue weighted by molar-refractivity contribution is 0.206. The highest BCUT2D eigenvalue weighted by Gasteiger charge is 2.19. The SMILES string of the molecule is C[C@H](/C=C/S(=O)(=O)OCC(C)(C)C)[C@H](CCc1ccccc1)SCc1ccc(CO)cc1. The molecule has 0 amide bonds. The van der Waals surface area contributed by atoms with Crippen LogP contribution < -0.4 is 0 Å². The molecule has 2 aromatic rings. The molecule has 176 valence electrons. The van der Waals surface area contributed by atoms with Crippen molar-refractivity contribution in [2.24, 2.45) is 11.3 Å². The third-order valence-electron chi connectivity index (χ3n) is 5.02. The number of aryl methyl sites for hydroxylation is 1. The maximum atomic E-state index is 12.3. The number of benzene rings is 2. The zero-order chi connectivity index (χ0) is 23.6. The van der Waals surface area contributed by atoms with Crippen LogP contribution in [-0.2, 0) is 33.1 Å². The second-order valence-electron chi connectivity index (χ2n) is 9.35. The average molecular weight is 477 g/mol. The Morgan fingerprint density at radius 2 is 1.62 bits per heavy atom. The zero-order valence-corrected chi connectivity index (χ0v) is 21.2. The number of aliphatic hydroxyl groups is 1. The summed E-state index contributed by atoms with van der Waals surface area (Å²) in [7, 11) is -3.70. The lowest BCUT2D eigenvalue weighted by atomic mass is 9.99. The summed E-state index contributed by atoms with van der Waals surface area (Å²) in [6, 6.07) is 18.3. The number of thioether (sulfide) groups is 1. The van der Waals surface area contributed by atoms with E-state index in [9.17, 15) is 13.5 Å². The molecule has 2 rings (SSSR count). The summed E-state index contributed by atoms with van der Waals surface area (Å²) in [5.74, 6) is 0.893. The highest BCUT2D eigenvalue weighted by molar-refractivity contribution is 7.99. The van der Waals surface area contributed by atoms with Gasteiger partial charge < -0.3 is 5.11 Å². The number of allylic oxidation sites excluding steroid dienone is 1. The summed E-state index contributed by atoms with van der Waals surface area (Å²) < 4.78 is 29.7. The maximum absolute atomic E-state index is 12.3. The van der Waals surface area contributed by atoms with E-state index in [0.29, 0.717) is 0 Å². The van der Waals surface area contributed by atoms with Crippen molar-refractivity contribution in [2.75, 3.05) is 6.61 Å².